The molecule has 0 saturated heterocycles. The van der Waals surface area contributed by atoms with Gasteiger partial charge in [0.2, 0.25) is 0 Å². The van der Waals surface area contributed by atoms with Crippen molar-refractivity contribution in [2.45, 2.75) is 71.6 Å². The summed E-state index contributed by atoms with van der Waals surface area (Å²) >= 11 is 0. The van der Waals surface area contributed by atoms with E-state index in [1.165, 1.54) is 51.0 Å². The number of ketones is 1. The molecule has 0 spiro atoms. The normalized spacial score (nSPS) is 44.1. The van der Waals surface area contributed by atoms with Crippen molar-refractivity contribution >= 4 is 11.9 Å². The van der Waals surface area contributed by atoms with Crippen LogP contribution in [-0.2, 0) is 4.79 Å². The summed E-state index contributed by atoms with van der Waals surface area (Å²) in [6, 6.07) is 6.84. The number of hydrogen-bond donors (Lipinski definition) is 0. The summed E-state index contributed by atoms with van der Waals surface area (Å²) in [5.74, 6) is 2.89. The van der Waals surface area contributed by atoms with Crippen molar-refractivity contribution in [3.8, 4) is 0 Å². The van der Waals surface area contributed by atoms with Crippen molar-refractivity contribution in [1.82, 2.24) is 0 Å². The largest absolute Gasteiger partial charge is 0.294 e. The van der Waals surface area contributed by atoms with Gasteiger partial charge in [-0.1, -0.05) is 44.9 Å². The van der Waals surface area contributed by atoms with Crippen LogP contribution in [0.4, 0.5) is 4.39 Å². The molecule has 4 saturated carbocycles. The molecule has 1 nitrogen and oxygen atoms in total. The SMILES string of the molecule is C[C@]12CCCC[C@H]1CC[C@H]1[C@H]2CC[C@]2(C)C(=O)/C(=C/c3ccccc3F)C[C@H]12. The molecule has 0 aromatic heterocycles. The van der Waals surface area contributed by atoms with Gasteiger partial charge in [0.25, 0.3) is 0 Å². The van der Waals surface area contributed by atoms with Crippen LogP contribution in [0, 0.1) is 40.3 Å². The smallest absolute Gasteiger partial charge is 0.165 e. The number of carbonyl (C=O) groups excluding carboxylic acids is 1. The Kier molecular flexibility index (Phi) is 4.34. The fourth-order valence-corrected chi connectivity index (χ4v) is 7.87. The van der Waals surface area contributed by atoms with Crippen LogP contribution in [0.3, 0.4) is 0 Å². The van der Waals surface area contributed by atoms with E-state index >= 15 is 0 Å². The first-order chi connectivity index (χ1) is 13.4. The zero-order valence-corrected chi connectivity index (χ0v) is 17.3. The molecular formula is C26H33FO. The Hall–Kier alpha value is -1.44. The lowest BCUT2D eigenvalue weighted by Crippen LogP contribution is -2.52. The fourth-order valence-electron chi connectivity index (χ4n) is 7.87. The predicted octanol–water partition coefficient (Wildman–Crippen LogP) is 6.82. The molecule has 150 valence electrons. The van der Waals surface area contributed by atoms with Gasteiger partial charge in [-0.3, -0.25) is 4.79 Å². The van der Waals surface area contributed by atoms with Gasteiger partial charge >= 0.3 is 0 Å². The molecule has 6 atom stereocenters. The number of Topliss-reactive ketones (excluding diaryl/α,β-unsaturated/α-hetero) is 1. The van der Waals surface area contributed by atoms with E-state index in [1.807, 2.05) is 12.1 Å². The number of rotatable bonds is 1. The maximum atomic E-state index is 14.2. The summed E-state index contributed by atoms with van der Waals surface area (Å²) < 4.78 is 14.2. The maximum absolute atomic E-state index is 14.2. The van der Waals surface area contributed by atoms with Gasteiger partial charge in [0.1, 0.15) is 5.82 Å². The minimum atomic E-state index is -0.226. The Balaban J connectivity index is 1.48. The van der Waals surface area contributed by atoms with Gasteiger partial charge in [-0.15, -0.1) is 0 Å². The highest BCUT2D eigenvalue weighted by Gasteiger charge is 2.60. The average Bonchev–Trinajstić information content (AvgIpc) is 2.94. The Morgan fingerprint density at radius 3 is 2.64 bits per heavy atom. The Labute approximate surface area is 168 Å². The van der Waals surface area contributed by atoms with Gasteiger partial charge < -0.3 is 0 Å². The van der Waals surface area contributed by atoms with Crippen LogP contribution in [0.2, 0.25) is 0 Å². The molecular weight excluding hydrogens is 347 g/mol. The van der Waals surface area contributed by atoms with Crippen LogP contribution in [0.15, 0.2) is 29.8 Å². The Morgan fingerprint density at radius 1 is 1.00 bits per heavy atom. The second-order valence-electron chi connectivity index (χ2n) is 10.6. The van der Waals surface area contributed by atoms with E-state index in [2.05, 4.69) is 13.8 Å². The van der Waals surface area contributed by atoms with Crippen molar-refractivity contribution in [1.29, 1.82) is 0 Å². The number of allylic oxidation sites excluding steroid dienone is 1. The molecule has 28 heavy (non-hydrogen) atoms. The monoisotopic (exact) mass is 380 g/mol. The standard InChI is InChI=1S/C26H33FO/c1-25-13-6-5-8-19(25)10-11-20-21(25)12-14-26(2)22(20)16-18(24(26)28)15-17-7-3-4-9-23(17)27/h3-4,7,9,15,19-22H,5-6,8,10-14,16H2,1-2H3/b18-15+/t19-,20-,21+,22+,25-,26-/m0/s1. The van der Waals surface area contributed by atoms with Gasteiger partial charge in [-0.2, -0.15) is 0 Å². The molecule has 1 aromatic carbocycles. The van der Waals surface area contributed by atoms with Crippen molar-refractivity contribution in [2.24, 2.45) is 34.5 Å². The number of fused-ring (bicyclic) bond motifs is 5. The van der Waals surface area contributed by atoms with Crippen molar-refractivity contribution in [2.75, 3.05) is 0 Å². The second kappa shape index (κ2) is 6.54. The fraction of sp³-hybridized carbons (Fsp3) is 0.654. The first kappa shape index (κ1) is 18.6. The summed E-state index contributed by atoms with van der Waals surface area (Å²) in [5.41, 5.74) is 1.70. The minimum absolute atomic E-state index is 0.226. The van der Waals surface area contributed by atoms with E-state index in [-0.39, 0.29) is 11.2 Å². The lowest BCUT2D eigenvalue weighted by atomic mass is 9.45. The summed E-state index contributed by atoms with van der Waals surface area (Å²) in [7, 11) is 0. The first-order valence-electron chi connectivity index (χ1n) is 11.4. The number of benzene rings is 1. The molecule has 0 N–H and O–H groups in total. The molecule has 0 bridgehead atoms. The third-order valence-corrected chi connectivity index (χ3v) is 9.46. The third kappa shape index (κ3) is 2.59. The summed E-state index contributed by atoms with van der Waals surface area (Å²) in [6.45, 7) is 4.79. The highest BCUT2D eigenvalue weighted by molar-refractivity contribution is 6.05. The van der Waals surface area contributed by atoms with E-state index in [0.29, 0.717) is 28.6 Å². The van der Waals surface area contributed by atoms with Gasteiger partial charge in [0.15, 0.2) is 5.78 Å². The zero-order chi connectivity index (χ0) is 19.5. The predicted molar refractivity (Wildman–Crippen MR) is 111 cm³/mol. The number of carbonyl (C=O) groups is 1. The Bertz CT molecular complexity index is 825. The number of hydrogen-bond acceptors (Lipinski definition) is 1. The molecule has 2 heteroatoms. The molecule has 0 radical (unpaired) electrons. The first-order valence-corrected chi connectivity index (χ1v) is 11.4. The lowest BCUT2D eigenvalue weighted by molar-refractivity contribution is -0.137. The van der Waals surface area contributed by atoms with Crippen LogP contribution < -0.4 is 0 Å². The van der Waals surface area contributed by atoms with Crippen molar-refractivity contribution < 1.29 is 9.18 Å². The average molecular weight is 381 g/mol. The summed E-state index contributed by atoms with van der Waals surface area (Å²) in [6.07, 6.45) is 13.2. The second-order valence-corrected chi connectivity index (χ2v) is 10.6. The molecule has 0 heterocycles. The van der Waals surface area contributed by atoms with E-state index in [4.69, 9.17) is 0 Å². The lowest BCUT2D eigenvalue weighted by Gasteiger charge is -2.59. The van der Waals surface area contributed by atoms with Crippen molar-refractivity contribution in [3.05, 3.63) is 41.2 Å². The molecule has 4 fully saturated rings. The maximum Gasteiger partial charge on any atom is 0.165 e. The van der Waals surface area contributed by atoms with Crippen LogP contribution >= 0.6 is 0 Å². The van der Waals surface area contributed by atoms with Gasteiger partial charge in [0, 0.05) is 11.0 Å². The third-order valence-electron chi connectivity index (χ3n) is 9.46. The minimum Gasteiger partial charge on any atom is -0.294 e. The summed E-state index contributed by atoms with van der Waals surface area (Å²) in [4.78, 5) is 13.4. The van der Waals surface area contributed by atoms with Crippen LogP contribution in [0.1, 0.15) is 77.2 Å². The summed E-state index contributed by atoms with van der Waals surface area (Å²) in [5, 5.41) is 0. The number of halogens is 1. The highest BCUT2D eigenvalue weighted by atomic mass is 19.1. The topological polar surface area (TPSA) is 17.1 Å². The molecule has 0 unspecified atom stereocenters. The van der Waals surface area contributed by atoms with Crippen LogP contribution in [-0.4, -0.2) is 5.78 Å². The van der Waals surface area contributed by atoms with E-state index in [9.17, 15) is 9.18 Å². The van der Waals surface area contributed by atoms with E-state index in [1.54, 1.807) is 12.1 Å². The zero-order valence-electron chi connectivity index (χ0n) is 17.3. The van der Waals surface area contributed by atoms with Gasteiger partial charge in [-0.05, 0) is 91.7 Å². The van der Waals surface area contributed by atoms with Gasteiger partial charge in [0.05, 0.1) is 0 Å². The van der Waals surface area contributed by atoms with E-state index < -0.39 is 0 Å². The Morgan fingerprint density at radius 2 is 1.82 bits per heavy atom. The molecule has 0 amide bonds. The highest BCUT2D eigenvalue weighted by Crippen LogP contribution is 2.66. The van der Waals surface area contributed by atoms with Crippen molar-refractivity contribution in [3.63, 3.8) is 0 Å². The van der Waals surface area contributed by atoms with Crippen LogP contribution in [0.5, 0.6) is 0 Å². The molecule has 4 aliphatic carbocycles. The molecule has 4 aliphatic rings. The van der Waals surface area contributed by atoms with Crippen LogP contribution in [0.25, 0.3) is 6.08 Å². The molecule has 1 aromatic rings. The molecule has 5 rings (SSSR count). The molecule has 0 aliphatic heterocycles. The quantitative estimate of drug-likeness (QED) is 0.488. The van der Waals surface area contributed by atoms with E-state index in [0.717, 1.165) is 30.3 Å². The van der Waals surface area contributed by atoms with Gasteiger partial charge in [-0.25, -0.2) is 4.39 Å².